The van der Waals surface area contributed by atoms with E-state index in [1.54, 1.807) is 6.07 Å². The van der Waals surface area contributed by atoms with E-state index in [1.807, 2.05) is 0 Å². The zero-order valence-corrected chi connectivity index (χ0v) is 15.2. The fourth-order valence-corrected chi connectivity index (χ4v) is 4.07. The second kappa shape index (κ2) is 7.20. The number of nitro groups is 1. The summed E-state index contributed by atoms with van der Waals surface area (Å²) in [5.74, 6) is -2.90. The molecule has 2 aromatic carbocycles. The minimum Gasteiger partial charge on any atom is -0.294 e. The van der Waals surface area contributed by atoms with Crippen LogP contribution in [0.25, 0.3) is 0 Å². The summed E-state index contributed by atoms with van der Waals surface area (Å²) in [4.78, 5) is 37.5. The molecule has 148 valence electrons. The molecule has 4 rings (SSSR count). The van der Waals surface area contributed by atoms with Crippen LogP contribution >= 0.6 is 0 Å². The van der Waals surface area contributed by atoms with Crippen LogP contribution in [0.1, 0.15) is 37.2 Å². The number of halogens is 2. The van der Waals surface area contributed by atoms with Crippen molar-refractivity contribution < 1.29 is 23.3 Å². The van der Waals surface area contributed by atoms with Crippen molar-refractivity contribution in [3.8, 4) is 0 Å². The van der Waals surface area contributed by atoms with Gasteiger partial charge in [0.15, 0.2) is 5.78 Å². The molecule has 6 nitrogen and oxygen atoms in total. The lowest BCUT2D eigenvalue weighted by Crippen LogP contribution is -2.41. The highest BCUT2D eigenvalue weighted by Crippen LogP contribution is 2.44. The predicted molar refractivity (Wildman–Crippen MR) is 100 cm³/mol. The summed E-state index contributed by atoms with van der Waals surface area (Å²) in [6, 6.07) is 8.79. The van der Waals surface area contributed by atoms with Gasteiger partial charge < -0.3 is 0 Å². The Morgan fingerprint density at radius 2 is 1.86 bits per heavy atom. The van der Waals surface area contributed by atoms with Gasteiger partial charge in [-0.1, -0.05) is 12.1 Å². The maximum Gasteiger partial charge on any atom is 0.269 e. The largest absolute Gasteiger partial charge is 0.294 e. The van der Waals surface area contributed by atoms with E-state index in [2.05, 4.69) is 0 Å². The number of rotatable bonds is 3. The third-order valence-corrected chi connectivity index (χ3v) is 5.31. The van der Waals surface area contributed by atoms with Gasteiger partial charge in [0.1, 0.15) is 11.6 Å². The highest BCUT2D eigenvalue weighted by molar-refractivity contribution is 6.07. The van der Waals surface area contributed by atoms with Gasteiger partial charge in [-0.25, -0.2) is 8.78 Å². The van der Waals surface area contributed by atoms with E-state index >= 15 is 0 Å². The molecule has 1 heterocycles. The van der Waals surface area contributed by atoms with Crippen LogP contribution in [0.15, 0.2) is 53.7 Å². The summed E-state index contributed by atoms with van der Waals surface area (Å²) in [5, 5.41) is 11.1. The number of hydrogen-bond donors (Lipinski definition) is 0. The maximum absolute atomic E-state index is 14.4. The van der Waals surface area contributed by atoms with Gasteiger partial charge in [0.25, 0.3) is 5.69 Å². The highest BCUT2D eigenvalue weighted by atomic mass is 19.1. The monoisotopic (exact) mass is 398 g/mol. The van der Waals surface area contributed by atoms with Crippen molar-refractivity contribution in [1.29, 1.82) is 0 Å². The number of Topliss-reactive ketones (excluding diaryl/α,β-unsaturated/α-hetero) is 1. The second-order valence-electron chi connectivity index (χ2n) is 7.07. The highest BCUT2D eigenvalue weighted by Gasteiger charge is 2.40. The summed E-state index contributed by atoms with van der Waals surface area (Å²) in [5.41, 5.74) is 1.03. The first-order valence-electron chi connectivity index (χ1n) is 9.15. The van der Waals surface area contributed by atoms with Crippen LogP contribution in [-0.4, -0.2) is 16.6 Å². The fraction of sp³-hybridized carbons (Fsp3) is 0.238. The lowest BCUT2D eigenvalue weighted by atomic mass is 9.77. The maximum atomic E-state index is 14.4. The van der Waals surface area contributed by atoms with Crippen LogP contribution in [0.5, 0.6) is 0 Å². The van der Waals surface area contributed by atoms with Gasteiger partial charge in [0, 0.05) is 48.2 Å². The van der Waals surface area contributed by atoms with Gasteiger partial charge in [-0.2, -0.15) is 0 Å². The number of nitro benzene ring substituents is 1. The van der Waals surface area contributed by atoms with Gasteiger partial charge >= 0.3 is 0 Å². The van der Waals surface area contributed by atoms with Crippen LogP contribution < -0.4 is 4.90 Å². The number of benzene rings is 2. The molecule has 8 heteroatoms. The summed E-state index contributed by atoms with van der Waals surface area (Å²) >= 11 is 0. The van der Waals surface area contributed by atoms with Crippen molar-refractivity contribution in [2.75, 3.05) is 4.90 Å². The zero-order valence-electron chi connectivity index (χ0n) is 15.2. The molecule has 1 aliphatic carbocycles. The summed E-state index contributed by atoms with van der Waals surface area (Å²) in [6.07, 6.45) is 1.04. The molecule has 0 unspecified atom stereocenters. The first-order chi connectivity index (χ1) is 13.9. The Labute approximate surface area is 164 Å². The Morgan fingerprint density at radius 1 is 1.07 bits per heavy atom. The topological polar surface area (TPSA) is 80.5 Å². The number of hydrogen-bond acceptors (Lipinski definition) is 4. The molecule has 29 heavy (non-hydrogen) atoms. The van der Waals surface area contributed by atoms with Crippen LogP contribution in [0, 0.1) is 21.7 Å². The third-order valence-electron chi connectivity index (χ3n) is 5.31. The zero-order chi connectivity index (χ0) is 20.7. The molecule has 0 N–H and O–H groups in total. The average Bonchev–Trinajstić information content (AvgIpc) is 2.68. The lowest BCUT2D eigenvalue weighted by molar-refractivity contribution is -0.384. The standard InChI is InChI=1S/C21H16F2N2O4/c22-13-7-8-17(16(23)10-13)24-18-5-2-6-19(26)21(18)15(11-20(24)27)12-3-1-4-14(9-12)25(28)29/h1,3-4,7-10,15H,2,5-6,11H2/t15-/m1/s1. The summed E-state index contributed by atoms with van der Waals surface area (Å²) in [6.45, 7) is 0. The first-order valence-corrected chi connectivity index (χ1v) is 9.15. The second-order valence-corrected chi connectivity index (χ2v) is 7.07. The van der Waals surface area contributed by atoms with Crippen LogP contribution in [0.3, 0.4) is 0 Å². The average molecular weight is 398 g/mol. The molecule has 1 atom stereocenters. The number of carbonyl (C=O) groups excluding carboxylic acids is 2. The molecule has 0 aromatic heterocycles. The Morgan fingerprint density at radius 3 is 2.59 bits per heavy atom. The van der Waals surface area contributed by atoms with Gasteiger partial charge in [0.05, 0.1) is 10.6 Å². The van der Waals surface area contributed by atoms with Gasteiger partial charge in [-0.05, 0) is 30.5 Å². The van der Waals surface area contributed by atoms with Crippen molar-refractivity contribution in [2.24, 2.45) is 0 Å². The first kappa shape index (κ1) is 18.9. The number of carbonyl (C=O) groups is 2. The molecule has 1 aliphatic heterocycles. The molecule has 0 spiro atoms. The summed E-state index contributed by atoms with van der Waals surface area (Å²) < 4.78 is 27.7. The van der Waals surface area contributed by atoms with Crippen molar-refractivity contribution >= 4 is 23.1 Å². The Balaban J connectivity index is 1.87. The fourth-order valence-electron chi connectivity index (χ4n) is 4.07. The SMILES string of the molecule is O=C1CCCC2=C1[C@@H](c1cccc([N+](=O)[O-])c1)CC(=O)N2c1ccc(F)cc1F. The molecule has 0 saturated carbocycles. The van der Waals surface area contributed by atoms with Crippen LogP contribution in [0.2, 0.25) is 0 Å². The molecular formula is C21H16F2N2O4. The number of allylic oxidation sites excluding steroid dienone is 2. The van der Waals surface area contributed by atoms with Crippen molar-refractivity contribution in [1.82, 2.24) is 0 Å². The number of nitrogens with zero attached hydrogens (tertiary/aromatic N) is 2. The van der Waals surface area contributed by atoms with Crippen LogP contribution in [-0.2, 0) is 9.59 Å². The predicted octanol–water partition coefficient (Wildman–Crippen LogP) is 4.40. The molecule has 0 fully saturated rings. The third kappa shape index (κ3) is 3.30. The Kier molecular flexibility index (Phi) is 4.70. The molecular weight excluding hydrogens is 382 g/mol. The van der Waals surface area contributed by atoms with E-state index < -0.39 is 28.4 Å². The molecule has 0 saturated heterocycles. The molecule has 0 radical (unpaired) electrons. The van der Waals surface area contributed by atoms with E-state index in [4.69, 9.17) is 0 Å². The van der Waals surface area contributed by atoms with E-state index in [1.165, 1.54) is 24.3 Å². The van der Waals surface area contributed by atoms with E-state index in [0.29, 0.717) is 35.7 Å². The summed E-state index contributed by atoms with van der Waals surface area (Å²) in [7, 11) is 0. The normalized spacial score (nSPS) is 19.4. The Bertz CT molecular complexity index is 1080. The van der Waals surface area contributed by atoms with Gasteiger partial charge in [0.2, 0.25) is 5.91 Å². The molecule has 2 aliphatic rings. The number of amides is 1. The number of ketones is 1. The minimum atomic E-state index is -0.892. The minimum absolute atomic E-state index is 0.101. The Hall–Kier alpha value is -3.42. The molecule has 1 amide bonds. The van der Waals surface area contributed by atoms with E-state index in [9.17, 15) is 28.5 Å². The van der Waals surface area contributed by atoms with Crippen molar-refractivity contribution in [2.45, 2.75) is 31.6 Å². The van der Waals surface area contributed by atoms with Crippen LogP contribution in [0.4, 0.5) is 20.2 Å². The lowest BCUT2D eigenvalue weighted by Gasteiger charge is -2.38. The number of anilines is 1. The molecule has 0 bridgehead atoms. The quantitative estimate of drug-likeness (QED) is 0.567. The number of non-ortho nitro benzene ring substituents is 1. The smallest absolute Gasteiger partial charge is 0.269 e. The van der Waals surface area contributed by atoms with Gasteiger partial charge in [-0.15, -0.1) is 0 Å². The van der Waals surface area contributed by atoms with Gasteiger partial charge in [-0.3, -0.25) is 24.6 Å². The molecule has 2 aromatic rings. The van der Waals surface area contributed by atoms with Crippen molar-refractivity contribution in [3.05, 3.63) is 81.0 Å². The van der Waals surface area contributed by atoms with E-state index in [-0.39, 0.29) is 30.0 Å². The van der Waals surface area contributed by atoms with Crippen molar-refractivity contribution in [3.63, 3.8) is 0 Å². The van der Waals surface area contributed by atoms with E-state index in [0.717, 1.165) is 11.0 Å².